The standard InChI is InChI=1S/C13H19ClFN/c1-9(2)4-3-5-13(16)11-7-6-10(14)8-12(11)15/h6-9,13H,3-5,16H2,1-2H3. The van der Waals surface area contributed by atoms with Gasteiger partial charge in [-0.1, -0.05) is 44.4 Å². The first-order valence-electron chi connectivity index (χ1n) is 5.71. The molecule has 0 radical (unpaired) electrons. The predicted molar refractivity (Wildman–Crippen MR) is 67.0 cm³/mol. The minimum Gasteiger partial charge on any atom is -0.324 e. The lowest BCUT2D eigenvalue weighted by Crippen LogP contribution is -2.12. The molecule has 1 atom stereocenters. The van der Waals surface area contributed by atoms with Crippen molar-refractivity contribution in [3.05, 3.63) is 34.6 Å². The second-order valence-corrected chi connectivity index (χ2v) is 5.03. The molecule has 0 heterocycles. The van der Waals surface area contributed by atoms with Crippen LogP contribution >= 0.6 is 11.6 Å². The lowest BCUT2D eigenvalue weighted by Gasteiger charge is -2.13. The molecule has 1 aromatic rings. The van der Waals surface area contributed by atoms with Gasteiger partial charge in [0.25, 0.3) is 0 Å². The molecule has 0 aromatic heterocycles. The molecule has 0 saturated carbocycles. The van der Waals surface area contributed by atoms with Crippen LogP contribution in [0.2, 0.25) is 5.02 Å². The van der Waals surface area contributed by atoms with E-state index in [0.717, 1.165) is 19.3 Å². The van der Waals surface area contributed by atoms with Gasteiger partial charge in [0, 0.05) is 16.6 Å². The van der Waals surface area contributed by atoms with Gasteiger partial charge >= 0.3 is 0 Å². The Balaban J connectivity index is 2.55. The van der Waals surface area contributed by atoms with Gasteiger partial charge in [0.05, 0.1) is 0 Å². The number of nitrogens with two attached hydrogens (primary N) is 1. The molecule has 1 unspecified atom stereocenters. The van der Waals surface area contributed by atoms with Crippen molar-refractivity contribution < 1.29 is 4.39 Å². The molecule has 0 amide bonds. The van der Waals surface area contributed by atoms with Crippen LogP contribution in [-0.4, -0.2) is 0 Å². The van der Waals surface area contributed by atoms with Gasteiger partial charge in [0.2, 0.25) is 0 Å². The molecule has 1 aromatic carbocycles. The molecular formula is C13H19ClFN. The summed E-state index contributed by atoms with van der Waals surface area (Å²) in [7, 11) is 0. The smallest absolute Gasteiger partial charge is 0.129 e. The zero-order valence-corrected chi connectivity index (χ0v) is 10.6. The minimum absolute atomic E-state index is 0.226. The number of benzene rings is 1. The molecule has 0 spiro atoms. The Morgan fingerprint density at radius 1 is 1.31 bits per heavy atom. The molecule has 16 heavy (non-hydrogen) atoms. The summed E-state index contributed by atoms with van der Waals surface area (Å²) in [5.41, 5.74) is 6.51. The van der Waals surface area contributed by atoms with Gasteiger partial charge in [-0.3, -0.25) is 0 Å². The first-order valence-corrected chi connectivity index (χ1v) is 6.09. The van der Waals surface area contributed by atoms with Crippen molar-refractivity contribution in [3.8, 4) is 0 Å². The zero-order chi connectivity index (χ0) is 12.1. The topological polar surface area (TPSA) is 26.0 Å². The lowest BCUT2D eigenvalue weighted by molar-refractivity contribution is 0.493. The highest BCUT2D eigenvalue weighted by Crippen LogP contribution is 2.23. The van der Waals surface area contributed by atoms with E-state index < -0.39 is 0 Å². The summed E-state index contributed by atoms with van der Waals surface area (Å²) in [6, 6.07) is 4.45. The summed E-state index contributed by atoms with van der Waals surface area (Å²) in [5.74, 6) is 0.367. The van der Waals surface area contributed by atoms with Crippen LogP contribution < -0.4 is 5.73 Å². The number of hydrogen-bond acceptors (Lipinski definition) is 1. The SMILES string of the molecule is CC(C)CCCC(N)c1ccc(Cl)cc1F. The Kier molecular flexibility index (Phi) is 5.23. The maximum atomic E-state index is 13.5. The van der Waals surface area contributed by atoms with Crippen LogP contribution in [0.3, 0.4) is 0 Å². The van der Waals surface area contributed by atoms with Crippen molar-refractivity contribution in [1.82, 2.24) is 0 Å². The maximum absolute atomic E-state index is 13.5. The van der Waals surface area contributed by atoms with Gasteiger partial charge in [-0.25, -0.2) is 4.39 Å². The van der Waals surface area contributed by atoms with E-state index in [2.05, 4.69) is 13.8 Å². The van der Waals surface area contributed by atoms with Gasteiger partial charge < -0.3 is 5.73 Å². The first kappa shape index (κ1) is 13.5. The normalized spacial score (nSPS) is 13.1. The summed E-state index contributed by atoms with van der Waals surface area (Å²) in [4.78, 5) is 0. The second-order valence-electron chi connectivity index (χ2n) is 4.60. The van der Waals surface area contributed by atoms with Gasteiger partial charge in [-0.15, -0.1) is 0 Å². The number of hydrogen-bond donors (Lipinski definition) is 1. The molecule has 0 aliphatic heterocycles. The minimum atomic E-state index is -0.301. The third kappa shape index (κ3) is 4.11. The van der Waals surface area contributed by atoms with Crippen LogP contribution in [0.15, 0.2) is 18.2 Å². The molecule has 0 aliphatic carbocycles. The first-order chi connectivity index (χ1) is 7.50. The van der Waals surface area contributed by atoms with Crippen LogP contribution in [0.5, 0.6) is 0 Å². The van der Waals surface area contributed by atoms with Crippen molar-refractivity contribution in [2.75, 3.05) is 0 Å². The highest BCUT2D eigenvalue weighted by atomic mass is 35.5. The molecule has 0 aliphatic rings. The van der Waals surface area contributed by atoms with Crippen molar-refractivity contribution in [2.24, 2.45) is 11.7 Å². The van der Waals surface area contributed by atoms with E-state index in [1.54, 1.807) is 12.1 Å². The Morgan fingerprint density at radius 2 is 2.00 bits per heavy atom. The van der Waals surface area contributed by atoms with Gasteiger partial charge in [-0.05, 0) is 24.5 Å². The molecule has 2 N–H and O–H groups in total. The lowest BCUT2D eigenvalue weighted by atomic mass is 9.98. The Morgan fingerprint density at radius 3 is 2.56 bits per heavy atom. The maximum Gasteiger partial charge on any atom is 0.129 e. The van der Waals surface area contributed by atoms with E-state index in [-0.39, 0.29) is 11.9 Å². The zero-order valence-electron chi connectivity index (χ0n) is 9.84. The van der Waals surface area contributed by atoms with E-state index in [9.17, 15) is 4.39 Å². The van der Waals surface area contributed by atoms with E-state index in [1.165, 1.54) is 6.07 Å². The highest BCUT2D eigenvalue weighted by Gasteiger charge is 2.11. The summed E-state index contributed by atoms with van der Waals surface area (Å²) in [6.45, 7) is 4.35. The monoisotopic (exact) mass is 243 g/mol. The van der Waals surface area contributed by atoms with Crippen LogP contribution in [0, 0.1) is 11.7 Å². The summed E-state index contributed by atoms with van der Waals surface area (Å²) >= 11 is 5.69. The van der Waals surface area contributed by atoms with E-state index in [1.807, 2.05) is 0 Å². The third-order valence-corrected chi connectivity index (χ3v) is 2.89. The largest absolute Gasteiger partial charge is 0.324 e. The van der Waals surface area contributed by atoms with Gasteiger partial charge in [0.1, 0.15) is 5.82 Å². The molecule has 1 nitrogen and oxygen atoms in total. The summed E-state index contributed by atoms with van der Waals surface area (Å²) in [5, 5.41) is 0.413. The van der Waals surface area contributed by atoms with Crippen LogP contribution in [0.4, 0.5) is 4.39 Å². The van der Waals surface area contributed by atoms with Crippen molar-refractivity contribution in [2.45, 2.75) is 39.2 Å². The van der Waals surface area contributed by atoms with Gasteiger partial charge in [-0.2, -0.15) is 0 Å². The van der Waals surface area contributed by atoms with E-state index in [4.69, 9.17) is 17.3 Å². The third-order valence-electron chi connectivity index (χ3n) is 2.66. The van der Waals surface area contributed by atoms with Gasteiger partial charge in [0.15, 0.2) is 0 Å². The number of rotatable bonds is 5. The van der Waals surface area contributed by atoms with Crippen LogP contribution in [-0.2, 0) is 0 Å². The predicted octanol–water partition coefficient (Wildman–Crippen LogP) is 4.31. The van der Waals surface area contributed by atoms with Crippen LogP contribution in [0.1, 0.15) is 44.7 Å². The highest BCUT2D eigenvalue weighted by molar-refractivity contribution is 6.30. The Labute approximate surface area is 102 Å². The van der Waals surface area contributed by atoms with E-state index in [0.29, 0.717) is 16.5 Å². The van der Waals surface area contributed by atoms with E-state index >= 15 is 0 Å². The Hall–Kier alpha value is -0.600. The van der Waals surface area contributed by atoms with Crippen molar-refractivity contribution in [3.63, 3.8) is 0 Å². The Bertz CT molecular complexity index is 339. The number of halogens is 2. The van der Waals surface area contributed by atoms with Crippen LogP contribution in [0.25, 0.3) is 0 Å². The average Bonchev–Trinajstić information content (AvgIpc) is 2.16. The second kappa shape index (κ2) is 6.21. The average molecular weight is 244 g/mol. The molecule has 1 rings (SSSR count). The fourth-order valence-electron chi connectivity index (χ4n) is 1.70. The van der Waals surface area contributed by atoms with Crippen molar-refractivity contribution >= 4 is 11.6 Å². The quantitative estimate of drug-likeness (QED) is 0.820. The molecule has 3 heteroatoms. The summed E-state index contributed by atoms with van der Waals surface area (Å²) < 4.78 is 13.5. The molecule has 90 valence electrons. The summed E-state index contributed by atoms with van der Waals surface area (Å²) in [6.07, 6.45) is 2.97. The molecular weight excluding hydrogens is 225 g/mol. The fraction of sp³-hybridized carbons (Fsp3) is 0.538. The fourth-order valence-corrected chi connectivity index (χ4v) is 1.86. The molecule has 0 bridgehead atoms. The molecule has 0 fully saturated rings. The van der Waals surface area contributed by atoms with Crippen molar-refractivity contribution in [1.29, 1.82) is 0 Å². The molecule has 0 saturated heterocycles.